The number of aliphatic hydroxyl groups is 3. The minimum absolute atomic E-state index is 0.0101. The number of rotatable bonds is 9. The van der Waals surface area contributed by atoms with Gasteiger partial charge in [-0.15, -0.1) is 0 Å². The normalized spacial score (nSPS) is 39.5. The Morgan fingerprint density at radius 2 is 1.57 bits per heavy atom. The SMILES string of the molecule is CCC/C(C)=C/C[C@@H]1/C=C(\C)C[C@H](C)C[C@H](OC)[C@H]2O[C@@](O)(C(=O)C(=O)N3CCCC[C@H]3C(=O)O[C@H](/C(C)=C/[C@@H]3CC[C@@H](O)[C@H](OC)C3)[C@H](C)[C@@H](O)CC1=O)[C@H](C)C[C@@H]2OC. The van der Waals surface area contributed by atoms with E-state index in [2.05, 4.69) is 26.8 Å². The number of carbonyl (C=O) groups excluding carboxylic acids is 4. The largest absolute Gasteiger partial charge is 0.456 e. The molecule has 346 valence electrons. The lowest BCUT2D eigenvalue weighted by molar-refractivity contribution is -0.302. The Bertz CT molecular complexity index is 1590. The molecule has 3 N–H and O–H groups in total. The maximum absolute atomic E-state index is 14.4. The molecule has 2 saturated heterocycles. The van der Waals surface area contributed by atoms with Crippen LogP contribution in [-0.2, 0) is 42.9 Å². The number of ether oxygens (including phenoxy) is 5. The second-order valence-corrected chi connectivity index (χ2v) is 18.8. The Balaban J connectivity index is 1.80. The van der Waals surface area contributed by atoms with Crippen molar-refractivity contribution in [2.75, 3.05) is 27.9 Å². The average Bonchev–Trinajstić information content (AvgIpc) is 3.23. The molecule has 0 radical (unpaired) electrons. The molecule has 0 unspecified atom stereocenters. The molecule has 3 fully saturated rings. The summed E-state index contributed by atoms with van der Waals surface area (Å²) in [6, 6.07) is -1.14. The number of esters is 1. The Morgan fingerprint density at radius 3 is 2.23 bits per heavy atom. The van der Waals surface area contributed by atoms with Gasteiger partial charge in [0.15, 0.2) is 0 Å². The van der Waals surface area contributed by atoms with E-state index in [1.165, 1.54) is 24.7 Å². The zero-order valence-electron chi connectivity index (χ0n) is 38.6. The molecule has 2 bridgehead atoms. The summed E-state index contributed by atoms with van der Waals surface area (Å²) in [5.74, 6) is -7.65. The number of hydrogen-bond donors (Lipinski definition) is 3. The third kappa shape index (κ3) is 12.9. The van der Waals surface area contributed by atoms with E-state index in [0.29, 0.717) is 56.9 Å². The van der Waals surface area contributed by atoms with Crippen LogP contribution in [0.15, 0.2) is 34.9 Å². The standard InChI is InChI=1S/C48H77NO12/c1-11-14-28(2)16-18-35-22-29(3)21-30(4)23-41(58-9)44-42(59-10)25-32(6)48(56,61-44)45(53)46(54)49-20-13-12-15-36(49)47(55)60-43(33(7)38(51)27-39(35)52)31(5)24-34-17-19-37(50)40(26-34)57-8/h16,22,24,30,32-38,40-44,50-51,56H,11-15,17-21,23,25-27H2,1-10H3/b28-16+,29-22+,31-24+/t30-,32+,33+,34-,35+,36-,37+,38-,40+,41-,42-,43+,44+,48+/m0/s1. The van der Waals surface area contributed by atoms with Gasteiger partial charge in [-0.25, -0.2) is 4.79 Å². The molecule has 3 heterocycles. The van der Waals surface area contributed by atoms with Crippen molar-refractivity contribution in [3.05, 3.63) is 34.9 Å². The molecule has 13 heteroatoms. The topological polar surface area (TPSA) is 178 Å². The van der Waals surface area contributed by atoms with Gasteiger partial charge in [-0.1, -0.05) is 63.5 Å². The fourth-order valence-corrected chi connectivity index (χ4v) is 10.1. The van der Waals surface area contributed by atoms with E-state index < -0.39 is 83.9 Å². The van der Waals surface area contributed by atoms with E-state index in [9.17, 15) is 34.5 Å². The van der Waals surface area contributed by atoms with Crippen molar-refractivity contribution >= 4 is 23.4 Å². The van der Waals surface area contributed by atoms with E-state index in [-0.39, 0.29) is 49.5 Å². The van der Waals surface area contributed by atoms with Crippen LogP contribution in [0.1, 0.15) is 132 Å². The Hall–Kier alpha value is -2.78. The molecular formula is C48H77NO12. The minimum atomic E-state index is -2.51. The van der Waals surface area contributed by atoms with Gasteiger partial charge in [0, 0.05) is 52.0 Å². The van der Waals surface area contributed by atoms with Crippen molar-refractivity contribution in [1.82, 2.24) is 4.90 Å². The summed E-state index contributed by atoms with van der Waals surface area (Å²) >= 11 is 0. The number of hydrogen-bond acceptors (Lipinski definition) is 12. The highest BCUT2D eigenvalue weighted by Crippen LogP contribution is 2.39. The quantitative estimate of drug-likeness (QED) is 0.136. The highest BCUT2D eigenvalue weighted by Gasteiger charge is 2.56. The van der Waals surface area contributed by atoms with Gasteiger partial charge in [0.05, 0.1) is 30.5 Å². The molecule has 1 saturated carbocycles. The van der Waals surface area contributed by atoms with E-state index in [0.717, 1.165) is 18.4 Å². The number of piperidine rings is 1. The molecule has 0 spiro atoms. The van der Waals surface area contributed by atoms with Gasteiger partial charge in [-0.2, -0.15) is 0 Å². The van der Waals surface area contributed by atoms with Gasteiger partial charge in [-0.3, -0.25) is 14.4 Å². The summed E-state index contributed by atoms with van der Waals surface area (Å²) in [6.45, 7) is 13.6. The van der Waals surface area contributed by atoms with Crippen molar-refractivity contribution in [3.8, 4) is 0 Å². The molecule has 4 rings (SSSR count). The first-order chi connectivity index (χ1) is 28.9. The third-order valence-electron chi connectivity index (χ3n) is 13.8. The van der Waals surface area contributed by atoms with Crippen LogP contribution in [0.5, 0.6) is 0 Å². The lowest BCUT2D eigenvalue weighted by Gasteiger charge is -2.47. The Kier molecular flexibility index (Phi) is 19.4. The minimum Gasteiger partial charge on any atom is -0.456 e. The number of cyclic esters (lactones) is 1. The number of methoxy groups -OCH3 is 3. The average molecular weight is 860 g/mol. The van der Waals surface area contributed by atoms with Crippen LogP contribution >= 0.6 is 0 Å². The van der Waals surface area contributed by atoms with Crippen LogP contribution in [-0.4, -0.2) is 126 Å². The van der Waals surface area contributed by atoms with Crippen molar-refractivity contribution in [2.24, 2.45) is 29.6 Å². The zero-order chi connectivity index (χ0) is 45.2. The summed E-state index contributed by atoms with van der Waals surface area (Å²) in [5.41, 5.74) is 2.84. The molecule has 14 atom stereocenters. The van der Waals surface area contributed by atoms with Crippen LogP contribution in [0, 0.1) is 29.6 Å². The number of allylic oxidation sites excluding steroid dienone is 5. The first kappa shape index (κ1) is 50.9. The van der Waals surface area contributed by atoms with Crippen molar-refractivity contribution < 1.29 is 58.2 Å². The number of amides is 1. The molecule has 1 aliphatic carbocycles. The van der Waals surface area contributed by atoms with E-state index in [1.807, 2.05) is 26.0 Å². The van der Waals surface area contributed by atoms with Crippen molar-refractivity contribution in [3.63, 3.8) is 0 Å². The number of carbonyl (C=O) groups is 4. The molecule has 13 nitrogen and oxygen atoms in total. The third-order valence-corrected chi connectivity index (χ3v) is 13.8. The lowest BCUT2D eigenvalue weighted by Crippen LogP contribution is -2.64. The molecule has 0 aromatic rings. The first-order valence-corrected chi connectivity index (χ1v) is 22.8. The van der Waals surface area contributed by atoms with Crippen LogP contribution in [0.3, 0.4) is 0 Å². The van der Waals surface area contributed by atoms with E-state index in [1.54, 1.807) is 21.0 Å². The smallest absolute Gasteiger partial charge is 0.329 e. The van der Waals surface area contributed by atoms with Crippen LogP contribution in [0.2, 0.25) is 0 Å². The summed E-state index contributed by atoms with van der Waals surface area (Å²) < 4.78 is 30.0. The zero-order valence-corrected chi connectivity index (χ0v) is 38.6. The van der Waals surface area contributed by atoms with Crippen molar-refractivity contribution in [1.29, 1.82) is 0 Å². The number of fused-ring (bicyclic) bond motifs is 3. The second-order valence-electron chi connectivity index (χ2n) is 18.8. The van der Waals surface area contributed by atoms with Gasteiger partial charge >= 0.3 is 5.97 Å². The lowest BCUT2D eigenvalue weighted by atomic mass is 9.81. The number of ketones is 2. The number of nitrogens with zero attached hydrogens (tertiary/aromatic N) is 1. The van der Waals surface area contributed by atoms with Crippen LogP contribution in [0.25, 0.3) is 0 Å². The predicted molar refractivity (Wildman–Crippen MR) is 231 cm³/mol. The van der Waals surface area contributed by atoms with Crippen LogP contribution in [0.4, 0.5) is 0 Å². The summed E-state index contributed by atoms with van der Waals surface area (Å²) in [6.07, 6.45) is 7.52. The predicted octanol–water partition coefficient (Wildman–Crippen LogP) is 6.20. The summed E-state index contributed by atoms with van der Waals surface area (Å²) in [5, 5.41) is 34.5. The Morgan fingerprint density at radius 1 is 0.902 bits per heavy atom. The number of aliphatic hydroxyl groups excluding tert-OH is 2. The van der Waals surface area contributed by atoms with Crippen LogP contribution < -0.4 is 0 Å². The van der Waals surface area contributed by atoms with Gasteiger partial charge in [0.25, 0.3) is 11.7 Å². The summed E-state index contributed by atoms with van der Waals surface area (Å²) in [4.78, 5) is 58.5. The fourth-order valence-electron chi connectivity index (χ4n) is 10.1. The van der Waals surface area contributed by atoms with Gasteiger partial charge < -0.3 is 43.9 Å². The molecule has 1 amide bonds. The molecule has 3 aliphatic heterocycles. The van der Waals surface area contributed by atoms with Gasteiger partial charge in [-0.05, 0) is 109 Å². The second kappa shape index (κ2) is 23.2. The maximum atomic E-state index is 14.4. The molecular weight excluding hydrogens is 783 g/mol. The maximum Gasteiger partial charge on any atom is 0.329 e. The molecule has 4 aliphatic rings. The van der Waals surface area contributed by atoms with Crippen molar-refractivity contribution in [2.45, 2.75) is 186 Å². The van der Waals surface area contributed by atoms with E-state index in [4.69, 9.17) is 23.7 Å². The van der Waals surface area contributed by atoms with E-state index >= 15 is 0 Å². The fraction of sp³-hybridized carbons (Fsp3) is 0.792. The Labute approximate surface area is 364 Å². The highest BCUT2D eigenvalue weighted by molar-refractivity contribution is 6.39. The molecule has 0 aromatic heterocycles. The first-order valence-electron chi connectivity index (χ1n) is 22.8. The molecule has 0 aromatic carbocycles. The highest BCUT2D eigenvalue weighted by atomic mass is 16.7. The van der Waals surface area contributed by atoms with Gasteiger partial charge in [0.1, 0.15) is 24.0 Å². The summed E-state index contributed by atoms with van der Waals surface area (Å²) in [7, 11) is 4.65. The van der Waals surface area contributed by atoms with Gasteiger partial charge in [0.2, 0.25) is 5.79 Å². The molecule has 61 heavy (non-hydrogen) atoms. The number of Topliss-reactive ketones (excluding diaryl/α,β-unsaturated/α-hetero) is 2. The monoisotopic (exact) mass is 860 g/mol.